The van der Waals surface area contributed by atoms with Gasteiger partial charge in [-0.2, -0.15) is 4.98 Å². The fourth-order valence-corrected chi connectivity index (χ4v) is 1.90. The number of hydrogen-bond donors (Lipinski definition) is 3. The normalized spacial score (nSPS) is 10.2. The number of rotatable bonds is 4. The van der Waals surface area contributed by atoms with Crippen molar-refractivity contribution in [2.45, 2.75) is 0 Å². The molecule has 10 heteroatoms. The number of hydrogen-bond acceptors (Lipinski definition) is 7. The maximum atomic E-state index is 10.9. The molecule has 8 nitrogen and oxygen atoms in total. The van der Waals surface area contributed by atoms with Crippen molar-refractivity contribution in [1.29, 1.82) is 0 Å². The zero-order valence-electron chi connectivity index (χ0n) is 9.80. The molecule has 1 aromatic carbocycles. The molecule has 0 fully saturated rings. The molecule has 0 radical (unpaired) electrons. The van der Waals surface area contributed by atoms with E-state index < -0.39 is 4.92 Å². The lowest BCUT2D eigenvalue weighted by Crippen LogP contribution is -2.12. The summed E-state index contributed by atoms with van der Waals surface area (Å²) in [6, 6.07) is 4.83. The molecule has 0 saturated heterocycles. The number of benzene rings is 1. The van der Waals surface area contributed by atoms with Crippen LogP contribution in [-0.2, 0) is 0 Å². The van der Waals surface area contributed by atoms with Gasteiger partial charge in [-0.3, -0.25) is 15.5 Å². The minimum atomic E-state index is -0.632. The molecule has 2 rings (SSSR count). The standard InChI is InChI=1S/C10H8Cl2N6O2/c11-5-2-1-3-6(12)8(5)15-9-7(18(19)20)4-14-10(16-9)17-13/h1-4H,13H2,(H2,14,15,16,17). The smallest absolute Gasteiger partial charge is 0.329 e. The van der Waals surface area contributed by atoms with Crippen LogP contribution >= 0.6 is 23.2 Å². The van der Waals surface area contributed by atoms with Crippen molar-refractivity contribution in [3.63, 3.8) is 0 Å². The number of para-hydroxylation sites is 1. The molecule has 0 saturated carbocycles. The molecule has 0 atom stereocenters. The molecule has 0 unspecified atom stereocenters. The summed E-state index contributed by atoms with van der Waals surface area (Å²) in [5.41, 5.74) is 2.17. The quantitative estimate of drug-likeness (QED) is 0.451. The summed E-state index contributed by atoms with van der Waals surface area (Å²) in [6.45, 7) is 0. The highest BCUT2D eigenvalue weighted by molar-refractivity contribution is 6.39. The van der Waals surface area contributed by atoms with Crippen LogP contribution < -0.4 is 16.6 Å². The number of aromatic nitrogens is 2. The number of nitrogens with two attached hydrogens (primary N) is 1. The summed E-state index contributed by atoms with van der Waals surface area (Å²) < 4.78 is 0. The number of nitrogens with one attached hydrogen (secondary N) is 2. The Kier molecular flexibility index (Phi) is 4.18. The van der Waals surface area contributed by atoms with E-state index >= 15 is 0 Å². The first-order chi connectivity index (χ1) is 9.52. The number of anilines is 3. The van der Waals surface area contributed by atoms with Gasteiger partial charge in [0.1, 0.15) is 6.20 Å². The van der Waals surface area contributed by atoms with Crippen molar-refractivity contribution < 1.29 is 4.92 Å². The van der Waals surface area contributed by atoms with Crippen molar-refractivity contribution in [3.8, 4) is 0 Å². The van der Waals surface area contributed by atoms with Crippen LogP contribution in [0.25, 0.3) is 0 Å². The fraction of sp³-hybridized carbons (Fsp3) is 0. The highest BCUT2D eigenvalue weighted by Crippen LogP contribution is 2.34. The number of nitro groups is 1. The van der Waals surface area contributed by atoms with Crippen LogP contribution in [0.3, 0.4) is 0 Å². The lowest BCUT2D eigenvalue weighted by Gasteiger charge is -2.10. The molecule has 0 aliphatic rings. The first kappa shape index (κ1) is 14.3. The molecule has 0 bridgehead atoms. The predicted molar refractivity (Wildman–Crippen MR) is 76.2 cm³/mol. The molecule has 4 N–H and O–H groups in total. The molecule has 2 aromatic rings. The zero-order valence-corrected chi connectivity index (χ0v) is 11.3. The fourth-order valence-electron chi connectivity index (χ4n) is 1.41. The zero-order chi connectivity index (χ0) is 14.7. The summed E-state index contributed by atoms with van der Waals surface area (Å²) in [4.78, 5) is 17.9. The van der Waals surface area contributed by atoms with Crippen molar-refractivity contribution in [2.24, 2.45) is 5.84 Å². The van der Waals surface area contributed by atoms with E-state index in [1.807, 2.05) is 0 Å². The lowest BCUT2D eigenvalue weighted by molar-refractivity contribution is -0.384. The van der Waals surface area contributed by atoms with E-state index in [2.05, 4.69) is 20.7 Å². The maximum absolute atomic E-state index is 10.9. The van der Waals surface area contributed by atoms with E-state index in [1.54, 1.807) is 18.2 Å². The third-order valence-corrected chi connectivity index (χ3v) is 2.93. The molecule has 104 valence electrons. The Morgan fingerprint density at radius 3 is 2.50 bits per heavy atom. The summed E-state index contributed by atoms with van der Waals surface area (Å²) in [6.07, 6.45) is 1.02. The number of hydrazine groups is 1. The highest BCUT2D eigenvalue weighted by Gasteiger charge is 2.19. The molecular weight excluding hydrogens is 307 g/mol. The Bertz CT molecular complexity index is 646. The lowest BCUT2D eigenvalue weighted by atomic mass is 10.3. The van der Waals surface area contributed by atoms with Crippen LogP contribution in [0.2, 0.25) is 10.0 Å². The van der Waals surface area contributed by atoms with Gasteiger partial charge in [0.2, 0.25) is 11.8 Å². The molecule has 0 spiro atoms. The summed E-state index contributed by atoms with van der Waals surface area (Å²) in [5, 5.41) is 14.3. The largest absolute Gasteiger partial charge is 0.332 e. The molecule has 20 heavy (non-hydrogen) atoms. The van der Waals surface area contributed by atoms with Gasteiger partial charge in [-0.15, -0.1) is 0 Å². The van der Waals surface area contributed by atoms with Crippen LogP contribution in [-0.4, -0.2) is 14.9 Å². The van der Waals surface area contributed by atoms with Crippen LogP contribution in [0.1, 0.15) is 0 Å². The van der Waals surface area contributed by atoms with E-state index in [0.29, 0.717) is 15.7 Å². The van der Waals surface area contributed by atoms with Crippen LogP contribution in [0, 0.1) is 10.1 Å². The first-order valence-electron chi connectivity index (χ1n) is 5.22. The number of nitrogens with zero attached hydrogens (tertiary/aromatic N) is 3. The summed E-state index contributed by atoms with van der Waals surface area (Å²) in [7, 11) is 0. The first-order valence-corrected chi connectivity index (χ1v) is 5.97. The van der Waals surface area contributed by atoms with Gasteiger partial charge in [0.05, 0.1) is 20.7 Å². The Hall–Kier alpha value is -2.16. The third-order valence-electron chi connectivity index (χ3n) is 2.30. The highest BCUT2D eigenvalue weighted by atomic mass is 35.5. The Labute approximate surface area is 123 Å². The molecule has 0 amide bonds. The Morgan fingerprint density at radius 2 is 1.95 bits per heavy atom. The number of nitrogen functional groups attached to an aromatic ring is 1. The van der Waals surface area contributed by atoms with E-state index in [1.165, 1.54) is 0 Å². The minimum Gasteiger partial charge on any atom is -0.332 e. The number of halogens is 2. The van der Waals surface area contributed by atoms with E-state index in [0.717, 1.165) is 6.20 Å². The third kappa shape index (κ3) is 2.87. The van der Waals surface area contributed by atoms with E-state index in [4.69, 9.17) is 29.0 Å². The van der Waals surface area contributed by atoms with Gasteiger partial charge in [0.15, 0.2) is 0 Å². The van der Waals surface area contributed by atoms with E-state index in [-0.39, 0.29) is 17.5 Å². The molecule has 1 heterocycles. The average molecular weight is 315 g/mol. The second kappa shape index (κ2) is 5.87. The molecule has 0 aliphatic carbocycles. The van der Waals surface area contributed by atoms with Gasteiger partial charge >= 0.3 is 5.69 Å². The predicted octanol–water partition coefficient (Wildman–Crippen LogP) is 2.72. The van der Waals surface area contributed by atoms with Gasteiger partial charge in [0, 0.05) is 0 Å². The Morgan fingerprint density at radius 1 is 1.30 bits per heavy atom. The second-order valence-electron chi connectivity index (χ2n) is 3.55. The second-order valence-corrected chi connectivity index (χ2v) is 4.36. The van der Waals surface area contributed by atoms with Gasteiger partial charge in [-0.1, -0.05) is 29.3 Å². The Balaban J connectivity index is 2.49. The van der Waals surface area contributed by atoms with Crippen LogP contribution in [0.15, 0.2) is 24.4 Å². The van der Waals surface area contributed by atoms with Gasteiger partial charge < -0.3 is 5.32 Å². The van der Waals surface area contributed by atoms with Crippen LogP contribution in [0.5, 0.6) is 0 Å². The van der Waals surface area contributed by atoms with Crippen molar-refractivity contribution in [2.75, 3.05) is 10.7 Å². The van der Waals surface area contributed by atoms with E-state index in [9.17, 15) is 10.1 Å². The van der Waals surface area contributed by atoms with Gasteiger partial charge in [0.25, 0.3) is 0 Å². The minimum absolute atomic E-state index is 0.0151. The van der Waals surface area contributed by atoms with Crippen molar-refractivity contribution >= 4 is 46.3 Å². The SMILES string of the molecule is NNc1ncc([N+](=O)[O-])c(Nc2c(Cl)cccc2Cl)n1. The van der Waals surface area contributed by atoms with Crippen molar-refractivity contribution in [3.05, 3.63) is 44.6 Å². The maximum Gasteiger partial charge on any atom is 0.329 e. The average Bonchev–Trinajstić information content (AvgIpc) is 2.42. The molecule has 0 aliphatic heterocycles. The van der Waals surface area contributed by atoms with Gasteiger partial charge in [-0.05, 0) is 12.1 Å². The molecular formula is C10H8Cl2N6O2. The monoisotopic (exact) mass is 314 g/mol. The summed E-state index contributed by atoms with van der Waals surface area (Å²) in [5.74, 6) is 5.11. The van der Waals surface area contributed by atoms with Crippen molar-refractivity contribution in [1.82, 2.24) is 9.97 Å². The van der Waals surface area contributed by atoms with Crippen LogP contribution in [0.4, 0.5) is 23.1 Å². The van der Waals surface area contributed by atoms with Gasteiger partial charge in [-0.25, -0.2) is 10.8 Å². The molecule has 1 aromatic heterocycles. The topological polar surface area (TPSA) is 119 Å². The summed E-state index contributed by atoms with van der Waals surface area (Å²) >= 11 is 12.0.